The number of nitrogens with two attached hydrogens (primary N) is 1. The van der Waals surface area contributed by atoms with Crippen molar-refractivity contribution >= 4 is 0 Å². The van der Waals surface area contributed by atoms with Gasteiger partial charge in [0.1, 0.15) is 5.75 Å². The molecule has 18 heavy (non-hydrogen) atoms. The number of rotatable bonds is 4. The maximum atomic E-state index is 6.32. The Hall–Kier alpha value is -1.06. The van der Waals surface area contributed by atoms with Gasteiger partial charge in [-0.2, -0.15) is 0 Å². The molecule has 0 bridgehead atoms. The first-order chi connectivity index (χ1) is 8.53. The highest BCUT2D eigenvalue weighted by Crippen LogP contribution is 2.35. The van der Waals surface area contributed by atoms with Gasteiger partial charge in [0.2, 0.25) is 0 Å². The maximum absolute atomic E-state index is 6.32. The Morgan fingerprint density at radius 2 is 2.22 bits per heavy atom. The van der Waals surface area contributed by atoms with Gasteiger partial charge < -0.3 is 15.2 Å². The molecule has 1 aromatic carbocycles. The van der Waals surface area contributed by atoms with E-state index in [2.05, 4.69) is 32.0 Å². The molecular formula is C15H23NO2. The molecular weight excluding hydrogens is 226 g/mol. The van der Waals surface area contributed by atoms with Gasteiger partial charge in [-0.1, -0.05) is 18.2 Å². The third-order valence-corrected chi connectivity index (χ3v) is 3.63. The number of aryl methyl sites for hydroxylation is 1. The third-order valence-electron chi connectivity index (χ3n) is 3.63. The molecule has 1 aliphatic rings. The predicted octanol–water partition coefficient (Wildman–Crippen LogP) is 2.83. The normalized spacial score (nSPS) is 16.9. The summed E-state index contributed by atoms with van der Waals surface area (Å²) in [5.41, 5.74) is 8.50. The maximum Gasteiger partial charge on any atom is 0.127 e. The molecule has 0 amide bonds. The third kappa shape index (κ3) is 2.85. The van der Waals surface area contributed by atoms with Crippen LogP contribution in [0.25, 0.3) is 0 Å². The zero-order valence-electron chi connectivity index (χ0n) is 11.5. The summed E-state index contributed by atoms with van der Waals surface area (Å²) in [4.78, 5) is 0. The van der Waals surface area contributed by atoms with Crippen LogP contribution in [-0.4, -0.2) is 19.3 Å². The van der Waals surface area contributed by atoms with Gasteiger partial charge in [0.25, 0.3) is 0 Å². The Kier molecular flexibility index (Phi) is 3.93. The second-order valence-corrected chi connectivity index (χ2v) is 5.56. The monoisotopic (exact) mass is 249 g/mol. The van der Waals surface area contributed by atoms with Crippen LogP contribution in [0.3, 0.4) is 0 Å². The number of fused-ring (bicyclic) bond motifs is 1. The van der Waals surface area contributed by atoms with Crippen molar-refractivity contribution in [3.63, 3.8) is 0 Å². The first-order valence-electron chi connectivity index (χ1n) is 6.59. The molecule has 2 N–H and O–H groups in total. The fraction of sp³-hybridized carbons (Fsp3) is 0.600. The summed E-state index contributed by atoms with van der Waals surface area (Å²) in [6, 6.07) is 6.22. The summed E-state index contributed by atoms with van der Waals surface area (Å²) >= 11 is 0. The van der Waals surface area contributed by atoms with Crippen LogP contribution in [0.15, 0.2) is 18.2 Å². The lowest BCUT2D eigenvalue weighted by Gasteiger charge is -2.29. The van der Waals surface area contributed by atoms with Gasteiger partial charge in [-0.25, -0.2) is 0 Å². The van der Waals surface area contributed by atoms with Gasteiger partial charge in [-0.15, -0.1) is 0 Å². The van der Waals surface area contributed by atoms with Gasteiger partial charge in [0, 0.05) is 18.7 Å². The van der Waals surface area contributed by atoms with Crippen molar-refractivity contribution in [3.05, 3.63) is 29.3 Å². The molecule has 1 aromatic rings. The van der Waals surface area contributed by atoms with Crippen molar-refractivity contribution in [1.29, 1.82) is 0 Å². The van der Waals surface area contributed by atoms with Crippen molar-refractivity contribution in [1.82, 2.24) is 0 Å². The molecule has 3 heteroatoms. The lowest BCUT2D eigenvalue weighted by atomic mass is 9.91. The predicted molar refractivity (Wildman–Crippen MR) is 72.9 cm³/mol. The van der Waals surface area contributed by atoms with E-state index in [1.807, 2.05) is 0 Å². The molecule has 1 aliphatic heterocycles. The van der Waals surface area contributed by atoms with Crippen LogP contribution in [0.1, 0.15) is 43.9 Å². The molecule has 0 saturated carbocycles. The summed E-state index contributed by atoms with van der Waals surface area (Å²) in [6.45, 7) is 4.91. The Morgan fingerprint density at radius 3 is 2.94 bits per heavy atom. The first kappa shape index (κ1) is 13.4. The van der Waals surface area contributed by atoms with Gasteiger partial charge >= 0.3 is 0 Å². The van der Waals surface area contributed by atoms with Crippen LogP contribution in [0.5, 0.6) is 5.75 Å². The van der Waals surface area contributed by atoms with E-state index in [1.54, 1.807) is 7.11 Å². The Labute approximate surface area is 109 Å². The van der Waals surface area contributed by atoms with E-state index in [0.717, 1.165) is 37.2 Å². The standard InChI is InChI=1S/C15H23NO2/c1-15(2,17-3)10-13(16)12-8-4-6-11-7-5-9-18-14(11)12/h4,6,8,13H,5,7,9-10,16H2,1-3H3. The summed E-state index contributed by atoms with van der Waals surface area (Å²) in [5.74, 6) is 1.00. The van der Waals surface area contributed by atoms with Crippen molar-refractivity contribution < 1.29 is 9.47 Å². The van der Waals surface area contributed by atoms with Crippen molar-refractivity contribution in [3.8, 4) is 5.75 Å². The molecule has 1 heterocycles. The molecule has 0 aromatic heterocycles. The Bertz CT molecular complexity index is 415. The van der Waals surface area contributed by atoms with Crippen LogP contribution in [0, 0.1) is 0 Å². The van der Waals surface area contributed by atoms with E-state index >= 15 is 0 Å². The minimum Gasteiger partial charge on any atom is -0.493 e. The lowest BCUT2D eigenvalue weighted by Crippen LogP contribution is -2.29. The largest absolute Gasteiger partial charge is 0.493 e. The minimum absolute atomic E-state index is 0.0481. The number of ether oxygens (including phenoxy) is 2. The molecule has 0 saturated heterocycles. The van der Waals surface area contributed by atoms with Crippen LogP contribution in [-0.2, 0) is 11.2 Å². The smallest absolute Gasteiger partial charge is 0.127 e. The fourth-order valence-corrected chi connectivity index (χ4v) is 2.43. The van der Waals surface area contributed by atoms with E-state index in [4.69, 9.17) is 15.2 Å². The van der Waals surface area contributed by atoms with E-state index in [1.165, 1.54) is 5.56 Å². The summed E-state index contributed by atoms with van der Waals surface area (Å²) in [5, 5.41) is 0. The van der Waals surface area contributed by atoms with Gasteiger partial charge in [0.05, 0.1) is 12.2 Å². The molecule has 2 rings (SSSR count). The van der Waals surface area contributed by atoms with E-state index in [0.29, 0.717) is 0 Å². The van der Waals surface area contributed by atoms with E-state index < -0.39 is 0 Å². The second-order valence-electron chi connectivity index (χ2n) is 5.56. The van der Waals surface area contributed by atoms with Crippen molar-refractivity contribution in [2.45, 2.75) is 44.8 Å². The van der Waals surface area contributed by atoms with Gasteiger partial charge in [-0.3, -0.25) is 0 Å². The molecule has 0 radical (unpaired) electrons. The molecule has 0 spiro atoms. The second kappa shape index (κ2) is 5.29. The molecule has 0 fully saturated rings. The summed E-state index contributed by atoms with van der Waals surface area (Å²) < 4.78 is 11.3. The summed E-state index contributed by atoms with van der Waals surface area (Å²) in [6.07, 6.45) is 2.96. The fourth-order valence-electron chi connectivity index (χ4n) is 2.43. The topological polar surface area (TPSA) is 44.5 Å². The lowest BCUT2D eigenvalue weighted by molar-refractivity contribution is 0.00975. The van der Waals surface area contributed by atoms with Crippen molar-refractivity contribution in [2.75, 3.05) is 13.7 Å². The average molecular weight is 249 g/mol. The highest BCUT2D eigenvalue weighted by Gasteiger charge is 2.25. The molecule has 100 valence electrons. The highest BCUT2D eigenvalue weighted by molar-refractivity contribution is 5.44. The SMILES string of the molecule is COC(C)(C)CC(N)c1cccc2c1OCCC2. The first-order valence-corrected chi connectivity index (χ1v) is 6.59. The van der Waals surface area contributed by atoms with Crippen LogP contribution < -0.4 is 10.5 Å². The highest BCUT2D eigenvalue weighted by atomic mass is 16.5. The summed E-state index contributed by atoms with van der Waals surface area (Å²) in [7, 11) is 1.73. The van der Waals surface area contributed by atoms with E-state index in [-0.39, 0.29) is 11.6 Å². The number of para-hydroxylation sites is 1. The zero-order valence-corrected chi connectivity index (χ0v) is 11.5. The molecule has 1 atom stereocenters. The Balaban J connectivity index is 2.22. The molecule has 0 aliphatic carbocycles. The van der Waals surface area contributed by atoms with Crippen molar-refractivity contribution in [2.24, 2.45) is 5.73 Å². The Morgan fingerprint density at radius 1 is 1.44 bits per heavy atom. The van der Waals surface area contributed by atoms with Gasteiger partial charge in [0.15, 0.2) is 0 Å². The van der Waals surface area contributed by atoms with E-state index in [9.17, 15) is 0 Å². The van der Waals surface area contributed by atoms with Crippen LogP contribution in [0.2, 0.25) is 0 Å². The molecule has 1 unspecified atom stereocenters. The quantitative estimate of drug-likeness (QED) is 0.892. The zero-order chi connectivity index (χ0) is 13.2. The van der Waals surface area contributed by atoms with Gasteiger partial charge in [-0.05, 0) is 38.7 Å². The number of hydrogen-bond acceptors (Lipinski definition) is 3. The van der Waals surface area contributed by atoms with Crippen LogP contribution >= 0.6 is 0 Å². The molecule has 3 nitrogen and oxygen atoms in total. The van der Waals surface area contributed by atoms with Crippen LogP contribution in [0.4, 0.5) is 0 Å². The number of hydrogen-bond donors (Lipinski definition) is 1. The average Bonchev–Trinajstić information content (AvgIpc) is 2.37. The number of methoxy groups -OCH3 is 1. The number of benzene rings is 1. The minimum atomic E-state index is -0.211.